The quantitative estimate of drug-likeness (QED) is 0.552. The van der Waals surface area contributed by atoms with Gasteiger partial charge in [-0.15, -0.1) is 0 Å². The van der Waals surface area contributed by atoms with Gasteiger partial charge in [0.2, 0.25) is 0 Å². The summed E-state index contributed by atoms with van der Waals surface area (Å²) >= 11 is 0. The Morgan fingerprint density at radius 3 is 2.43 bits per heavy atom. The van der Waals surface area contributed by atoms with Gasteiger partial charge in [0.15, 0.2) is 0 Å². The van der Waals surface area contributed by atoms with E-state index in [1.54, 1.807) is 0 Å². The van der Waals surface area contributed by atoms with Crippen LogP contribution in [0.15, 0.2) is 0 Å². The van der Waals surface area contributed by atoms with Gasteiger partial charge in [0.05, 0.1) is 6.61 Å². The molecule has 2 nitrogen and oxygen atoms in total. The van der Waals surface area contributed by atoms with Crippen LogP contribution in [0.3, 0.4) is 0 Å². The van der Waals surface area contributed by atoms with E-state index in [1.807, 2.05) is 0 Å². The van der Waals surface area contributed by atoms with Crippen LogP contribution >= 0.6 is 0 Å². The van der Waals surface area contributed by atoms with Crippen molar-refractivity contribution < 1.29 is 4.74 Å². The molecular formula is C12H27NO. The molecule has 2 heteroatoms. The molecule has 2 N–H and O–H groups in total. The maximum absolute atomic E-state index is 5.33. The van der Waals surface area contributed by atoms with Crippen LogP contribution in [0.2, 0.25) is 0 Å². The van der Waals surface area contributed by atoms with E-state index >= 15 is 0 Å². The molecule has 0 fully saturated rings. The molecule has 14 heavy (non-hydrogen) atoms. The van der Waals surface area contributed by atoms with E-state index in [0.717, 1.165) is 12.5 Å². The Hall–Kier alpha value is -0.0800. The van der Waals surface area contributed by atoms with Crippen LogP contribution in [0.5, 0.6) is 0 Å². The first kappa shape index (κ1) is 13.9. The highest BCUT2D eigenvalue weighted by Crippen LogP contribution is 2.14. The number of unbranched alkanes of at least 4 members (excludes halogenated alkanes) is 2. The van der Waals surface area contributed by atoms with Crippen molar-refractivity contribution in [3.8, 4) is 0 Å². The standard InChI is InChI=1S/C12H27NO/c1-3-4-5-7-12(2)8-6-10-14-11-9-13/h12H,3-11,13H2,1-2H3. The van der Waals surface area contributed by atoms with Crippen LogP contribution in [0.1, 0.15) is 52.4 Å². The Kier molecular flexibility index (Phi) is 10.9. The molecule has 1 unspecified atom stereocenters. The summed E-state index contributed by atoms with van der Waals surface area (Å²) in [6.45, 7) is 6.84. The summed E-state index contributed by atoms with van der Waals surface area (Å²) in [5.74, 6) is 0.864. The van der Waals surface area contributed by atoms with E-state index in [0.29, 0.717) is 13.2 Å². The third kappa shape index (κ3) is 10.0. The lowest BCUT2D eigenvalue weighted by atomic mass is 9.98. The fraction of sp³-hybridized carbons (Fsp3) is 1.00. The zero-order valence-corrected chi connectivity index (χ0v) is 9.93. The van der Waals surface area contributed by atoms with Crippen molar-refractivity contribution in [2.45, 2.75) is 52.4 Å². The number of hydrogen-bond acceptors (Lipinski definition) is 2. The lowest BCUT2D eigenvalue weighted by molar-refractivity contribution is 0.134. The van der Waals surface area contributed by atoms with Crippen molar-refractivity contribution >= 4 is 0 Å². The van der Waals surface area contributed by atoms with Crippen molar-refractivity contribution in [3.05, 3.63) is 0 Å². The van der Waals surface area contributed by atoms with Crippen molar-refractivity contribution in [2.24, 2.45) is 11.7 Å². The van der Waals surface area contributed by atoms with Crippen molar-refractivity contribution in [1.29, 1.82) is 0 Å². The summed E-state index contributed by atoms with van der Waals surface area (Å²) in [5.41, 5.74) is 5.33. The summed E-state index contributed by atoms with van der Waals surface area (Å²) in [7, 11) is 0. The van der Waals surface area contributed by atoms with E-state index < -0.39 is 0 Å². The van der Waals surface area contributed by atoms with Crippen LogP contribution in [-0.2, 0) is 4.74 Å². The Labute approximate surface area is 89.2 Å². The predicted octanol–water partition coefficient (Wildman–Crippen LogP) is 2.96. The molecule has 0 aliphatic rings. The minimum absolute atomic E-state index is 0.645. The first-order valence-electron chi connectivity index (χ1n) is 6.09. The van der Waals surface area contributed by atoms with Crippen molar-refractivity contribution in [3.63, 3.8) is 0 Å². The van der Waals surface area contributed by atoms with E-state index in [2.05, 4.69) is 13.8 Å². The molecule has 0 radical (unpaired) electrons. The molecule has 0 heterocycles. The molecule has 0 aliphatic heterocycles. The molecule has 0 rings (SSSR count). The zero-order valence-electron chi connectivity index (χ0n) is 9.93. The lowest BCUT2D eigenvalue weighted by Crippen LogP contribution is -2.09. The molecular weight excluding hydrogens is 174 g/mol. The minimum Gasteiger partial charge on any atom is -0.380 e. The van der Waals surface area contributed by atoms with Crippen LogP contribution in [0.25, 0.3) is 0 Å². The van der Waals surface area contributed by atoms with Gasteiger partial charge in [-0.25, -0.2) is 0 Å². The third-order valence-electron chi connectivity index (χ3n) is 2.55. The van der Waals surface area contributed by atoms with Gasteiger partial charge in [-0.05, 0) is 18.8 Å². The monoisotopic (exact) mass is 201 g/mol. The number of hydrogen-bond donors (Lipinski definition) is 1. The Morgan fingerprint density at radius 1 is 1.07 bits per heavy atom. The Balaban J connectivity index is 3.06. The Morgan fingerprint density at radius 2 is 1.79 bits per heavy atom. The third-order valence-corrected chi connectivity index (χ3v) is 2.55. The smallest absolute Gasteiger partial charge is 0.0588 e. The first-order valence-corrected chi connectivity index (χ1v) is 6.09. The maximum atomic E-state index is 5.33. The molecule has 0 aromatic heterocycles. The molecule has 86 valence electrons. The predicted molar refractivity (Wildman–Crippen MR) is 62.4 cm³/mol. The van der Waals surface area contributed by atoms with E-state index in [4.69, 9.17) is 10.5 Å². The lowest BCUT2D eigenvalue weighted by Gasteiger charge is -2.10. The zero-order chi connectivity index (χ0) is 10.6. The van der Waals surface area contributed by atoms with E-state index in [9.17, 15) is 0 Å². The molecule has 0 aromatic rings. The summed E-state index contributed by atoms with van der Waals surface area (Å²) in [6.07, 6.45) is 7.97. The van der Waals surface area contributed by atoms with Gasteiger partial charge < -0.3 is 10.5 Å². The minimum atomic E-state index is 0.645. The van der Waals surface area contributed by atoms with Gasteiger partial charge in [-0.2, -0.15) is 0 Å². The number of rotatable bonds is 10. The number of ether oxygens (including phenoxy) is 1. The largest absolute Gasteiger partial charge is 0.380 e. The first-order chi connectivity index (χ1) is 6.81. The van der Waals surface area contributed by atoms with E-state index in [1.165, 1.54) is 38.5 Å². The average molecular weight is 201 g/mol. The van der Waals surface area contributed by atoms with Gasteiger partial charge in [0.25, 0.3) is 0 Å². The topological polar surface area (TPSA) is 35.2 Å². The molecule has 0 bridgehead atoms. The molecule has 0 amide bonds. The van der Waals surface area contributed by atoms with Crippen LogP contribution < -0.4 is 5.73 Å². The summed E-state index contributed by atoms with van der Waals surface area (Å²) in [4.78, 5) is 0. The second kappa shape index (κ2) is 11.0. The maximum Gasteiger partial charge on any atom is 0.0588 e. The Bertz CT molecular complexity index is 106. The fourth-order valence-electron chi connectivity index (χ4n) is 1.61. The van der Waals surface area contributed by atoms with Crippen LogP contribution in [0.4, 0.5) is 0 Å². The second-order valence-electron chi connectivity index (χ2n) is 4.14. The second-order valence-corrected chi connectivity index (χ2v) is 4.14. The fourth-order valence-corrected chi connectivity index (χ4v) is 1.61. The molecule has 1 atom stereocenters. The van der Waals surface area contributed by atoms with Gasteiger partial charge in [0, 0.05) is 13.2 Å². The SMILES string of the molecule is CCCCCC(C)CCCOCCN. The van der Waals surface area contributed by atoms with Crippen molar-refractivity contribution in [2.75, 3.05) is 19.8 Å². The summed E-state index contributed by atoms with van der Waals surface area (Å²) < 4.78 is 5.33. The van der Waals surface area contributed by atoms with Gasteiger partial charge in [0.1, 0.15) is 0 Å². The average Bonchev–Trinajstić information content (AvgIpc) is 2.18. The van der Waals surface area contributed by atoms with Gasteiger partial charge in [-0.3, -0.25) is 0 Å². The highest BCUT2D eigenvalue weighted by atomic mass is 16.5. The highest BCUT2D eigenvalue weighted by Gasteiger charge is 2.01. The number of nitrogens with two attached hydrogens (primary N) is 1. The molecule has 0 saturated carbocycles. The molecule has 0 saturated heterocycles. The van der Waals surface area contributed by atoms with E-state index in [-0.39, 0.29) is 0 Å². The van der Waals surface area contributed by atoms with Crippen LogP contribution in [0, 0.1) is 5.92 Å². The molecule has 0 aliphatic carbocycles. The van der Waals surface area contributed by atoms with Gasteiger partial charge >= 0.3 is 0 Å². The van der Waals surface area contributed by atoms with Crippen molar-refractivity contribution in [1.82, 2.24) is 0 Å². The molecule has 0 aromatic carbocycles. The van der Waals surface area contributed by atoms with Gasteiger partial charge in [-0.1, -0.05) is 39.5 Å². The normalized spacial score (nSPS) is 13.1. The van der Waals surface area contributed by atoms with Crippen LogP contribution in [-0.4, -0.2) is 19.8 Å². The summed E-state index contributed by atoms with van der Waals surface area (Å²) in [5, 5.41) is 0. The highest BCUT2D eigenvalue weighted by molar-refractivity contribution is 4.53. The molecule has 0 spiro atoms. The summed E-state index contributed by atoms with van der Waals surface area (Å²) in [6, 6.07) is 0.